The van der Waals surface area contributed by atoms with Gasteiger partial charge >= 0.3 is 0 Å². The zero-order valence-corrected chi connectivity index (χ0v) is 12.7. The van der Waals surface area contributed by atoms with E-state index >= 15 is 0 Å². The summed E-state index contributed by atoms with van der Waals surface area (Å²) in [6.07, 6.45) is 1.13. The van der Waals surface area contributed by atoms with Gasteiger partial charge in [-0.05, 0) is 25.8 Å². The van der Waals surface area contributed by atoms with Crippen molar-refractivity contribution in [1.82, 2.24) is 20.6 Å². The van der Waals surface area contributed by atoms with Crippen molar-refractivity contribution in [3.8, 4) is 0 Å². The van der Waals surface area contributed by atoms with Crippen molar-refractivity contribution in [1.29, 1.82) is 0 Å². The Bertz CT molecular complexity index is 652. The summed E-state index contributed by atoms with van der Waals surface area (Å²) in [6, 6.07) is 0.673. The number of nitrogens with zero attached hydrogens (tertiary/aromatic N) is 2. The first-order chi connectivity index (χ1) is 10.8. The molecule has 3 rings (SSSR count). The van der Waals surface area contributed by atoms with E-state index in [1.54, 1.807) is 6.92 Å². The van der Waals surface area contributed by atoms with Crippen LogP contribution < -0.4 is 10.6 Å². The summed E-state index contributed by atoms with van der Waals surface area (Å²) in [6.45, 7) is 2.05. The van der Waals surface area contributed by atoms with E-state index in [9.17, 15) is 18.4 Å². The van der Waals surface area contributed by atoms with Gasteiger partial charge in [-0.2, -0.15) is 0 Å². The molecule has 1 aliphatic heterocycles. The normalized spacial score (nSPS) is 29.3. The van der Waals surface area contributed by atoms with E-state index in [4.69, 9.17) is 0 Å². The van der Waals surface area contributed by atoms with E-state index in [0.29, 0.717) is 18.8 Å². The first-order valence-corrected chi connectivity index (χ1v) is 7.56. The molecule has 2 amide bonds. The van der Waals surface area contributed by atoms with Crippen LogP contribution in [0, 0.1) is 12.3 Å². The molecule has 8 heteroatoms. The number of carbonyl (C=O) groups excluding carboxylic acids is 2. The maximum absolute atomic E-state index is 14.1. The van der Waals surface area contributed by atoms with Crippen molar-refractivity contribution in [3.63, 3.8) is 0 Å². The summed E-state index contributed by atoms with van der Waals surface area (Å²) in [5, 5.41) is 5.23. The van der Waals surface area contributed by atoms with Crippen LogP contribution in [-0.2, 0) is 4.79 Å². The Balaban J connectivity index is 1.77. The van der Waals surface area contributed by atoms with Crippen LogP contribution in [0.25, 0.3) is 0 Å². The van der Waals surface area contributed by atoms with Crippen LogP contribution in [0.15, 0.2) is 12.3 Å². The van der Waals surface area contributed by atoms with Crippen molar-refractivity contribution in [2.45, 2.75) is 44.6 Å². The Morgan fingerprint density at radius 1 is 1.43 bits per heavy atom. The molecule has 1 aromatic rings. The zero-order valence-electron chi connectivity index (χ0n) is 12.7. The van der Waals surface area contributed by atoms with Gasteiger partial charge in [0.15, 0.2) is 0 Å². The highest BCUT2D eigenvalue weighted by Crippen LogP contribution is 2.48. The molecule has 23 heavy (non-hydrogen) atoms. The van der Waals surface area contributed by atoms with Gasteiger partial charge in [0.2, 0.25) is 5.91 Å². The Hall–Kier alpha value is -2.12. The highest BCUT2D eigenvalue weighted by molar-refractivity contribution is 5.92. The standard InChI is InChI=1S/C15H18F2N4O2/c1-9-18-4-2-11(20-9)12(22)21-10-6-14(3-5-19-13(14)23)8-15(16,17)7-10/h2,4,10H,3,5-8H2,1H3,(H,19,23)(H,21,22)/t10-,14+/m1/s1. The van der Waals surface area contributed by atoms with Gasteiger partial charge in [0.1, 0.15) is 11.5 Å². The predicted octanol–water partition coefficient (Wildman–Crippen LogP) is 1.21. The van der Waals surface area contributed by atoms with E-state index in [-0.39, 0.29) is 18.0 Å². The summed E-state index contributed by atoms with van der Waals surface area (Å²) < 4.78 is 28.2. The third-order valence-corrected chi connectivity index (χ3v) is 4.49. The summed E-state index contributed by atoms with van der Waals surface area (Å²) in [4.78, 5) is 32.1. The lowest BCUT2D eigenvalue weighted by atomic mass is 9.69. The highest BCUT2D eigenvalue weighted by Gasteiger charge is 2.55. The molecule has 1 saturated carbocycles. The number of rotatable bonds is 2. The molecule has 6 nitrogen and oxygen atoms in total. The number of halogens is 2. The van der Waals surface area contributed by atoms with E-state index in [1.165, 1.54) is 12.3 Å². The van der Waals surface area contributed by atoms with Gasteiger partial charge < -0.3 is 10.6 Å². The zero-order chi connectivity index (χ0) is 16.7. The number of carbonyl (C=O) groups is 2. The maximum atomic E-state index is 14.1. The number of aryl methyl sites for hydroxylation is 1. The van der Waals surface area contributed by atoms with Crippen molar-refractivity contribution < 1.29 is 18.4 Å². The van der Waals surface area contributed by atoms with E-state index < -0.39 is 36.1 Å². The molecular formula is C15H18F2N4O2. The molecule has 1 spiro atoms. The van der Waals surface area contributed by atoms with Gasteiger partial charge in [-0.25, -0.2) is 18.7 Å². The molecule has 2 fully saturated rings. The first kappa shape index (κ1) is 15.8. The summed E-state index contributed by atoms with van der Waals surface area (Å²) in [7, 11) is 0. The minimum Gasteiger partial charge on any atom is -0.356 e. The van der Waals surface area contributed by atoms with Crippen molar-refractivity contribution in [3.05, 3.63) is 23.8 Å². The Kier molecular flexibility index (Phi) is 3.77. The molecule has 1 saturated heterocycles. The number of hydrogen-bond donors (Lipinski definition) is 2. The van der Waals surface area contributed by atoms with Crippen LogP contribution in [0.4, 0.5) is 8.78 Å². The monoisotopic (exact) mass is 324 g/mol. The van der Waals surface area contributed by atoms with Crippen LogP contribution in [0.3, 0.4) is 0 Å². The average molecular weight is 324 g/mol. The summed E-state index contributed by atoms with van der Waals surface area (Å²) >= 11 is 0. The van der Waals surface area contributed by atoms with Crippen molar-refractivity contribution in [2.24, 2.45) is 5.41 Å². The Morgan fingerprint density at radius 2 is 2.22 bits per heavy atom. The first-order valence-electron chi connectivity index (χ1n) is 7.56. The van der Waals surface area contributed by atoms with Crippen LogP contribution in [0.5, 0.6) is 0 Å². The highest BCUT2D eigenvalue weighted by atomic mass is 19.3. The van der Waals surface area contributed by atoms with Crippen LogP contribution in [0.1, 0.15) is 42.0 Å². The Labute approximate surface area is 132 Å². The van der Waals surface area contributed by atoms with E-state index in [2.05, 4.69) is 20.6 Å². The van der Waals surface area contributed by atoms with Crippen molar-refractivity contribution >= 4 is 11.8 Å². The second kappa shape index (κ2) is 5.50. The molecule has 1 aliphatic carbocycles. The fourth-order valence-electron chi connectivity index (χ4n) is 3.57. The van der Waals surface area contributed by atoms with Gasteiger partial charge in [0, 0.05) is 31.6 Å². The number of amides is 2. The smallest absolute Gasteiger partial charge is 0.270 e. The Morgan fingerprint density at radius 3 is 2.87 bits per heavy atom. The van der Waals surface area contributed by atoms with E-state index in [0.717, 1.165) is 0 Å². The predicted molar refractivity (Wildman–Crippen MR) is 76.9 cm³/mol. The fraction of sp³-hybridized carbons (Fsp3) is 0.600. The van der Waals surface area contributed by atoms with E-state index in [1.807, 2.05) is 0 Å². The number of alkyl halides is 2. The van der Waals surface area contributed by atoms with Gasteiger partial charge in [0.25, 0.3) is 11.8 Å². The third kappa shape index (κ3) is 3.16. The third-order valence-electron chi connectivity index (χ3n) is 4.49. The largest absolute Gasteiger partial charge is 0.356 e. The summed E-state index contributed by atoms with van der Waals surface area (Å²) in [5.41, 5.74) is -0.947. The molecule has 1 aromatic heterocycles. The number of aromatic nitrogens is 2. The average Bonchev–Trinajstić information content (AvgIpc) is 2.77. The molecule has 2 atom stereocenters. The lowest BCUT2D eigenvalue weighted by Crippen LogP contribution is -2.51. The second-order valence-electron chi connectivity index (χ2n) is 6.39. The lowest BCUT2D eigenvalue weighted by molar-refractivity contribution is -0.142. The van der Waals surface area contributed by atoms with Crippen molar-refractivity contribution in [2.75, 3.05) is 6.54 Å². The molecule has 0 aromatic carbocycles. The molecule has 2 heterocycles. The number of hydrogen-bond acceptors (Lipinski definition) is 4. The number of nitrogens with one attached hydrogen (secondary N) is 2. The molecule has 2 N–H and O–H groups in total. The minimum absolute atomic E-state index is 0.135. The molecule has 0 radical (unpaired) electrons. The fourth-order valence-corrected chi connectivity index (χ4v) is 3.57. The minimum atomic E-state index is -2.97. The second-order valence-corrected chi connectivity index (χ2v) is 6.39. The lowest BCUT2D eigenvalue weighted by Gasteiger charge is -2.40. The molecule has 0 unspecified atom stereocenters. The quantitative estimate of drug-likeness (QED) is 0.856. The molecular weight excluding hydrogens is 306 g/mol. The van der Waals surface area contributed by atoms with Gasteiger partial charge in [-0.1, -0.05) is 0 Å². The van der Waals surface area contributed by atoms with Gasteiger partial charge in [0.05, 0.1) is 5.41 Å². The maximum Gasteiger partial charge on any atom is 0.270 e. The molecule has 124 valence electrons. The SMILES string of the molecule is Cc1nccc(C(=O)N[C@H]2CC(F)(F)C[C@]3(CCNC3=O)C2)n1. The van der Waals surface area contributed by atoms with Gasteiger partial charge in [-0.3, -0.25) is 9.59 Å². The topological polar surface area (TPSA) is 84.0 Å². The molecule has 0 bridgehead atoms. The summed E-state index contributed by atoms with van der Waals surface area (Å²) in [5.74, 6) is -3.40. The van der Waals surface area contributed by atoms with Crippen LogP contribution in [0.2, 0.25) is 0 Å². The van der Waals surface area contributed by atoms with Crippen LogP contribution in [-0.4, -0.2) is 40.3 Å². The molecule has 2 aliphatic rings. The van der Waals surface area contributed by atoms with Crippen LogP contribution >= 0.6 is 0 Å². The van der Waals surface area contributed by atoms with Gasteiger partial charge in [-0.15, -0.1) is 0 Å².